The second kappa shape index (κ2) is 6.67. The summed E-state index contributed by atoms with van der Waals surface area (Å²) in [5.74, 6) is 0.0439. The summed E-state index contributed by atoms with van der Waals surface area (Å²) in [4.78, 5) is 15.0. The van der Waals surface area contributed by atoms with Gasteiger partial charge in [-0.2, -0.15) is 5.10 Å². The molecule has 0 bridgehead atoms. The van der Waals surface area contributed by atoms with Crippen molar-refractivity contribution in [2.75, 3.05) is 13.6 Å². The van der Waals surface area contributed by atoms with Gasteiger partial charge < -0.3 is 5.32 Å². The summed E-state index contributed by atoms with van der Waals surface area (Å²) in [5.41, 5.74) is 2.29. The van der Waals surface area contributed by atoms with Crippen LogP contribution in [-0.2, 0) is 24.9 Å². The number of carbonyl (C=O) groups excluding carboxylic acids is 1. The number of aryl methyl sites for hydroxylation is 1. The van der Waals surface area contributed by atoms with E-state index in [2.05, 4.69) is 10.4 Å². The van der Waals surface area contributed by atoms with E-state index in [-0.39, 0.29) is 5.91 Å². The van der Waals surface area contributed by atoms with Gasteiger partial charge in [-0.25, -0.2) is 0 Å². The van der Waals surface area contributed by atoms with Gasteiger partial charge in [0, 0.05) is 29.7 Å². The van der Waals surface area contributed by atoms with Crippen molar-refractivity contribution in [1.82, 2.24) is 20.0 Å². The summed E-state index contributed by atoms with van der Waals surface area (Å²) < 4.78 is 1.85. The Balaban J connectivity index is 1.77. The van der Waals surface area contributed by atoms with E-state index in [9.17, 15) is 4.79 Å². The predicted octanol–water partition coefficient (Wildman–Crippen LogP) is 1.54. The van der Waals surface area contributed by atoms with Crippen molar-refractivity contribution in [1.29, 1.82) is 0 Å². The van der Waals surface area contributed by atoms with Crippen molar-refractivity contribution in [3.05, 3.63) is 39.8 Å². The summed E-state index contributed by atoms with van der Waals surface area (Å²) in [7, 11) is 3.86. The maximum absolute atomic E-state index is 11.9. The van der Waals surface area contributed by atoms with Crippen molar-refractivity contribution in [2.24, 2.45) is 7.05 Å². The van der Waals surface area contributed by atoms with E-state index in [0.717, 1.165) is 17.8 Å². The number of hydrogen-bond acceptors (Lipinski definition) is 4. The zero-order chi connectivity index (χ0) is 14.5. The quantitative estimate of drug-likeness (QED) is 0.878. The summed E-state index contributed by atoms with van der Waals surface area (Å²) in [6.45, 7) is 3.76. The van der Waals surface area contributed by atoms with Gasteiger partial charge >= 0.3 is 0 Å². The van der Waals surface area contributed by atoms with Gasteiger partial charge in [-0.1, -0.05) is 6.07 Å². The second-order valence-electron chi connectivity index (χ2n) is 4.91. The number of carbonyl (C=O) groups is 1. The lowest BCUT2D eigenvalue weighted by Gasteiger charge is -2.15. The topological polar surface area (TPSA) is 50.2 Å². The van der Waals surface area contributed by atoms with Gasteiger partial charge in [-0.3, -0.25) is 14.4 Å². The minimum absolute atomic E-state index is 0.0439. The third kappa shape index (κ3) is 3.91. The smallest absolute Gasteiger partial charge is 0.234 e. The van der Waals surface area contributed by atoms with Crippen LogP contribution in [0.3, 0.4) is 0 Å². The number of thiophene rings is 1. The van der Waals surface area contributed by atoms with Crippen LogP contribution < -0.4 is 5.32 Å². The van der Waals surface area contributed by atoms with E-state index in [1.54, 1.807) is 11.3 Å². The van der Waals surface area contributed by atoms with Crippen molar-refractivity contribution in [3.63, 3.8) is 0 Å². The minimum atomic E-state index is 0.0439. The summed E-state index contributed by atoms with van der Waals surface area (Å²) >= 11 is 1.65. The first-order chi connectivity index (χ1) is 9.56. The van der Waals surface area contributed by atoms with E-state index < -0.39 is 0 Å². The Kier molecular flexibility index (Phi) is 4.92. The first-order valence-corrected chi connectivity index (χ1v) is 7.39. The summed E-state index contributed by atoms with van der Waals surface area (Å²) in [6, 6.07) is 4.01. The Bertz CT molecular complexity index is 562. The lowest BCUT2D eigenvalue weighted by molar-refractivity contribution is -0.122. The molecule has 0 saturated carbocycles. The zero-order valence-corrected chi connectivity index (χ0v) is 12.9. The maximum Gasteiger partial charge on any atom is 0.234 e. The van der Waals surface area contributed by atoms with E-state index in [1.807, 2.05) is 54.3 Å². The molecule has 0 spiro atoms. The molecule has 2 rings (SSSR count). The van der Waals surface area contributed by atoms with Gasteiger partial charge in [0.15, 0.2) is 0 Å². The third-order valence-electron chi connectivity index (χ3n) is 3.23. The molecule has 6 heteroatoms. The summed E-state index contributed by atoms with van der Waals surface area (Å²) in [6.07, 6.45) is 1.86. The van der Waals surface area contributed by atoms with Crippen LogP contribution in [0.2, 0.25) is 0 Å². The van der Waals surface area contributed by atoms with Crippen LogP contribution >= 0.6 is 11.3 Å². The highest BCUT2D eigenvalue weighted by Crippen LogP contribution is 2.09. The highest BCUT2D eigenvalue weighted by atomic mass is 32.1. The van der Waals surface area contributed by atoms with Gasteiger partial charge in [0.2, 0.25) is 5.91 Å². The number of likely N-dealkylation sites (N-methyl/N-ethyl adjacent to an activating group) is 1. The molecule has 20 heavy (non-hydrogen) atoms. The Morgan fingerprint density at radius 3 is 2.95 bits per heavy atom. The van der Waals surface area contributed by atoms with E-state index in [0.29, 0.717) is 13.1 Å². The molecule has 0 saturated heterocycles. The molecule has 0 aromatic carbocycles. The van der Waals surface area contributed by atoms with Gasteiger partial charge in [-0.15, -0.1) is 11.3 Å². The van der Waals surface area contributed by atoms with Crippen molar-refractivity contribution < 1.29 is 4.79 Å². The number of hydrogen-bond donors (Lipinski definition) is 1. The van der Waals surface area contributed by atoms with Gasteiger partial charge in [0.25, 0.3) is 0 Å². The molecule has 0 aliphatic heterocycles. The molecule has 0 aliphatic rings. The SMILES string of the molecule is Cc1c(CN(C)CC(=O)NCc2cccs2)cnn1C. The molecule has 2 aromatic rings. The van der Waals surface area contributed by atoms with Gasteiger partial charge in [0.05, 0.1) is 19.3 Å². The van der Waals surface area contributed by atoms with Crippen LogP contribution in [0.5, 0.6) is 0 Å². The van der Waals surface area contributed by atoms with Gasteiger partial charge in [0.1, 0.15) is 0 Å². The van der Waals surface area contributed by atoms with E-state index >= 15 is 0 Å². The van der Waals surface area contributed by atoms with Crippen molar-refractivity contribution >= 4 is 17.2 Å². The number of rotatable bonds is 6. The van der Waals surface area contributed by atoms with E-state index in [1.165, 1.54) is 4.88 Å². The fourth-order valence-electron chi connectivity index (χ4n) is 1.95. The molecular weight excluding hydrogens is 272 g/mol. The molecule has 0 aliphatic carbocycles. The molecule has 0 fully saturated rings. The first kappa shape index (κ1) is 14.7. The molecule has 5 nitrogen and oxygen atoms in total. The predicted molar refractivity (Wildman–Crippen MR) is 80.4 cm³/mol. The number of amides is 1. The average molecular weight is 292 g/mol. The van der Waals surface area contributed by atoms with Crippen LogP contribution in [0.1, 0.15) is 16.1 Å². The van der Waals surface area contributed by atoms with Crippen LogP contribution in [0, 0.1) is 6.92 Å². The third-order valence-corrected chi connectivity index (χ3v) is 4.11. The maximum atomic E-state index is 11.9. The van der Waals surface area contributed by atoms with Gasteiger partial charge in [-0.05, 0) is 25.4 Å². The van der Waals surface area contributed by atoms with Crippen LogP contribution in [0.15, 0.2) is 23.7 Å². The van der Waals surface area contributed by atoms with Crippen LogP contribution in [0.25, 0.3) is 0 Å². The van der Waals surface area contributed by atoms with Crippen LogP contribution in [0.4, 0.5) is 0 Å². The Morgan fingerprint density at radius 2 is 2.35 bits per heavy atom. The monoisotopic (exact) mass is 292 g/mol. The van der Waals surface area contributed by atoms with Crippen molar-refractivity contribution in [3.8, 4) is 0 Å². The number of aromatic nitrogens is 2. The number of nitrogens with zero attached hydrogens (tertiary/aromatic N) is 3. The number of nitrogens with one attached hydrogen (secondary N) is 1. The fraction of sp³-hybridized carbons (Fsp3) is 0.429. The van der Waals surface area contributed by atoms with Crippen LogP contribution in [-0.4, -0.2) is 34.2 Å². The normalized spacial score (nSPS) is 11.0. The molecular formula is C14H20N4OS. The Labute approximate surface area is 123 Å². The lowest BCUT2D eigenvalue weighted by Crippen LogP contribution is -2.34. The van der Waals surface area contributed by atoms with E-state index in [4.69, 9.17) is 0 Å². The molecule has 0 unspecified atom stereocenters. The highest BCUT2D eigenvalue weighted by molar-refractivity contribution is 7.09. The molecule has 1 N–H and O–H groups in total. The molecule has 0 atom stereocenters. The fourth-order valence-corrected chi connectivity index (χ4v) is 2.59. The molecule has 1 amide bonds. The second-order valence-corrected chi connectivity index (χ2v) is 5.94. The highest BCUT2D eigenvalue weighted by Gasteiger charge is 2.10. The average Bonchev–Trinajstić information content (AvgIpc) is 3.02. The zero-order valence-electron chi connectivity index (χ0n) is 12.1. The Hall–Kier alpha value is -1.66. The summed E-state index contributed by atoms with van der Waals surface area (Å²) in [5, 5.41) is 9.15. The first-order valence-electron chi connectivity index (χ1n) is 6.51. The Morgan fingerprint density at radius 1 is 1.55 bits per heavy atom. The van der Waals surface area contributed by atoms with Crippen molar-refractivity contribution in [2.45, 2.75) is 20.0 Å². The lowest BCUT2D eigenvalue weighted by atomic mass is 10.2. The standard InChI is InChI=1S/C14H20N4OS/c1-11-12(7-16-18(11)3)9-17(2)10-14(19)15-8-13-5-4-6-20-13/h4-7H,8-10H2,1-3H3,(H,15,19). The molecule has 108 valence electrons. The largest absolute Gasteiger partial charge is 0.350 e. The molecule has 2 heterocycles. The molecule has 2 aromatic heterocycles. The molecule has 0 radical (unpaired) electrons. The minimum Gasteiger partial charge on any atom is -0.350 e.